The van der Waals surface area contributed by atoms with Gasteiger partial charge in [-0.25, -0.2) is 9.69 Å². The molecule has 38 heavy (non-hydrogen) atoms. The second kappa shape index (κ2) is 11.0. The zero-order valence-electron chi connectivity index (χ0n) is 19.8. The lowest BCUT2D eigenvalue weighted by molar-refractivity contribution is -0.384. The number of benzene rings is 3. The normalized spacial score (nSPS) is 14.3. The zero-order chi connectivity index (χ0) is 27.4. The monoisotopic (exact) mass is 578 g/mol. The number of imide groups is 2. The van der Waals surface area contributed by atoms with Crippen molar-refractivity contribution in [2.45, 2.75) is 6.92 Å². The number of carbonyl (C=O) groups excluding carboxylic acids is 4. The van der Waals surface area contributed by atoms with Gasteiger partial charge in [0.1, 0.15) is 11.3 Å². The number of halogens is 1. The molecule has 0 spiro atoms. The van der Waals surface area contributed by atoms with Gasteiger partial charge in [0.25, 0.3) is 23.4 Å². The Morgan fingerprint density at radius 3 is 2.39 bits per heavy atom. The summed E-state index contributed by atoms with van der Waals surface area (Å²) in [7, 11) is 0. The molecule has 0 saturated carbocycles. The maximum Gasteiger partial charge on any atom is 0.335 e. The number of anilines is 2. The minimum atomic E-state index is -0.972. The number of urea groups is 1. The van der Waals surface area contributed by atoms with Crippen molar-refractivity contribution in [3.8, 4) is 5.75 Å². The van der Waals surface area contributed by atoms with Crippen LogP contribution in [0.2, 0.25) is 0 Å². The molecule has 1 saturated heterocycles. The summed E-state index contributed by atoms with van der Waals surface area (Å²) in [6.07, 6.45) is 1.29. The largest absolute Gasteiger partial charge is 0.483 e. The van der Waals surface area contributed by atoms with Crippen molar-refractivity contribution in [3.63, 3.8) is 0 Å². The Labute approximate surface area is 224 Å². The number of carbonyl (C=O) groups is 4. The minimum Gasteiger partial charge on any atom is -0.483 e. The van der Waals surface area contributed by atoms with E-state index in [4.69, 9.17) is 4.74 Å². The summed E-state index contributed by atoms with van der Waals surface area (Å²) in [5, 5.41) is 15.7. The van der Waals surface area contributed by atoms with E-state index in [1.165, 1.54) is 18.2 Å². The first-order valence-electron chi connectivity index (χ1n) is 11.1. The van der Waals surface area contributed by atoms with Crippen LogP contribution in [-0.2, 0) is 14.4 Å². The fourth-order valence-electron chi connectivity index (χ4n) is 3.48. The molecule has 1 aliphatic rings. The molecule has 3 aromatic carbocycles. The molecular weight excluding hydrogens is 560 g/mol. The van der Waals surface area contributed by atoms with Crippen LogP contribution in [0.1, 0.15) is 11.1 Å². The number of non-ortho nitro benzene ring substituents is 1. The third-order valence-corrected chi connectivity index (χ3v) is 6.00. The van der Waals surface area contributed by atoms with Crippen LogP contribution in [0.4, 0.5) is 21.9 Å². The number of hydrogen-bond donors (Lipinski definition) is 2. The summed E-state index contributed by atoms with van der Waals surface area (Å²) >= 11 is 3.35. The van der Waals surface area contributed by atoms with Crippen LogP contribution in [-0.4, -0.2) is 35.3 Å². The maximum atomic E-state index is 13.0. The minimum absolute atomic E-state index is 0.0605. The lowest BCUT2D eigenvalue weighted by Crippen LogP contribution is -2.54. The standard InChI is InChI=1S/C26H19BrN4O7/c1-15-2-5-17(6-3-15)28-23(32)14-38-22-11-4-16(13-21(22)27)12-20-24(33)29-26(35)30(25(20)34)18-7-9-19(10-8-18)31(36)37/h2-13H,14H2,1H3,(H,28,32)(H,29,33,35)/b20-12+. The summed E-state index contributed by atoms with van der Waals surface area (Å²) < 4.78 is 6.03. The van der Waals surface area contributed by atoms with Crippen LogP contribution in [0.5, 0.6) is 5.75 Å². The van der Waals surface area contributed by atoms with Gasteiger partial charge in [-0.05, 0) is 70.9 Å². The van der Waals surface area contributed by atoms with E-state index in [-0.39, 0.29) is 29.5 Å². The highest BCUT2D eigenvalue weighted by molar-refractivity contribution is 9.10. The molecule has 0 bridgehead atoms. The van der Waals surface area contributed by atoms with E-state index in [9.17, 15) is 29.3 Å². The van der Waals surface area contributed by atoms with E-state index in [1.807, 2.05) is 19.1 Å². The Morgan fingerprint density at radius 1 is 1.08 bits per heavy atom. The SMILES string of the molecule is Cc1ccc(NC(=O)COc2ccc(/C=C3\C(=O)NC(=O)N(c4ccc([N+](=O)[O-])cc4)C3=O)cc2Br)cc1. The molecule has 0 atom stereocenters. The van der Waals surface area contributed by atoms with Crippen molar-refractivity contribution < 1.29 is 28.8 Å². The molecule has 12 heteroatoms. The second-order valence-electron chi connectivity index (χ2n) is 8.12. The predicted octanol–water partition coefficient (Wildman–Crippen LogP) is 4.35. The second-order valence-corrected chi connectivity index (χ2v) is 8.98. The molecule has 3 aromatic rings. The molecular formula is C26H19BrN4O7. The first-order valence-corrected chi connectivity index (χ1v) is 11.9. The molecule has 1 aliphatic heterocycles. The van der Waals surface area contributed by atoms with Crippen LogP contribution in [0.15, 0.2) is 76.8 Å². The smallest absolute Gasteiger partial charge is 0.335 e. The van der Waals surface area contributed by atoms with E-state index in [0.29, 0.717) is 21.5 Å². The summed E-state index contributed by atoms with van der Waals surface area (Å²) in [6, 6.07) is 15.8. The van der Waals surface area contributed by atoms with Crippen LogP contribution in [0.3, 0.4) is 0 Å². The molecule has 0 unspecified atom stereocenters. The number of ether oxygens (including phenoxy) is 1. The number of barbiturate groups is 1. The van der Waals surface area contributed by atoms with Gasteiger partial charge in [-0.2, -0.15) is 0 Å². The maximum absolute atomic E-state index is 13.0. The van der Waals surface area contributed by atoms with Crippen molar-refractivity contribution in [1.29, 1.82) is 0 Å². The Hall–Kier alpha value is -4.84. The number of nitro groups is 1. The number of amides is 5. The van der Waals surface area contributed by atoms with Gasteiger partial charge < -0.3 is 10.1 Å². The first kappa shape index (κ1) is 26.2. The Bertz CT molecular complexity index is 1480. The van der Waals surface area contributed by atoms with Crippen molar-refractivity contribution in [3.05, 3.63) is 98.0 Å². The highest BCUT2D eigenvalue weighted by atomic mass is 79.9. The summed E-state index contributed by atoms with van der Waals surface area (Å²) in [5.41, 5.74) is 1.67. The number of nitrogens with one attached hydrogen (secondary N) is 2. The molecule has 1 heterocycles. The lowest BCUT2D eigenvalue weighted by Gasteiger charge is -2.26. The van der Waals surface area contributed by atoms with Gasteiger partial charge in [-0.3, -0.25) is 29.8 Å². The van der Waals surface area contributed by atoms with Crippen molar-refractivity contribution in [2.24, 2.45) is 0 Å². The van der Waals surface area contributed by atoms with Crippen molar-refractivity contribution in [1.82, 2.24) is 5.32 Å². The van der Waals surface area contributed by atoms with Gasteiger partial charge in [0.15, 0.2) is 6.61 Å². The van der Waals surface area contributed by atoms with Gasteiger partial charge in [-0.1, -0.05) is 23.8 Å². The lowest BCUT2D eigenvalue weighted by atomic mass is 10.1. The quantitative estimate of drug-likeness (QED) is 0.183. The number of aryl methyl sites for hydroxylation is 1. The van der Waals surface area contributed by atoms with Gasteiger partial charge in [0.2, 0.25) is 0 Å². The van der Waals surface area contributed by atoms with E-state index in [1.54, 1.807) is 30.3 Å². The van der Waals surface area contributed by atoms with Crippen LogP contribution in [0.25, 0.3) is 6.08 Å². The summed E-state index contributed by atoms with van der Waals surface area (Å²) in [5.74, 6) is -1.78. The molecule has 11 nitrogen and oxygen atoms in total. The first-order chi connectivity index (χ1) is 18.1. The van der Waals surface area contributed by atoms with E-state index in [0.717, 1.165) is 22.6 Å². The molecule has 1 fully saturated rings. The fraction of sp³-hybridized carbons (Fsp3) is 0.0769. The van der Waals surface area contributed by atoms with Crippen molar-refractivity contribution >= 4 is 62.8 Å². The van der Waals surface area contributed by atoms with Crippen LogP contribution >= 0.6 is 15.9 Å². The van der Waals surface area contributed by atoms with Gasteiger partial charge in [-0.15, -0.1) is 0 Å². The average molecular weight is 579 g/mol. The molecule has 2 N–H and O–H groups in total. The zero-order valence-corrected chi connectivity index (χ0v) is 21.4. The topological polar surface area (TPSA) is 148 Å². The van der Waals surface area contributed by atoms with E-state index >= 15 is 0 Å². The molecule has 0 aliphatic carbocycles. The van der Waals surface area contributed by atoms with Gasteiger partial charge >= 0.3 is 6.03 Å². The van der Waals surface area contributed by atoms with Crippen LogP contribution < -0.4 is 20.3 Å². The van der Waals surface area contributed by atoms with Crippen molar-refractivity contribution in [2.75, 3.05) is 16.8 Å². The van der Waals surface area contributed by atoms with E-state index in [2.05, 4.69) is 26.6 Å². The van der Waals surface area contributed by atoms with Gasteiger partial charge in [0, 0.05) is 17.8 Å². The molecule has 0 aromatic heterocycles. The molecule has 5 amide bonds. The Balaban J connectivity index is 1.47. The van der Waals surface area contributed by atoms with Gasteiger partial charge in [0.05, 0.1) is 15.1 Å². The predicted molar refractivity (Wildman–Crippen MR) is 142 cm³/mol. The Kier molecular flexibility index (Phi) is 7.63. The molecule has 4 rings (SSSR count). The highest BCUT2D eigenvalue weighted by Gasteiger charge is 2.37. The fourth-order valence-corrected chi connectivity index (χ4v) is 3.99. The number of rotatable bonds is 7. The molecule has 0 radical (unpaired) electrons. The summed E-state index contributed by atoms with van der Waals surface area (Å²) in [4.78, 5) is 61.0. The average Bonchev–Trinajstić information content (AvgIpc) is 2.87. The summed E-state index contributed by atoms with van der Waals surface area (Å²) in [6.45, 7) is 1.69. The third kappa shape index (κ3) is 5.93. The van der Waals surface area contributed by atoms with Crippen LogP contribution in [0, 0.1) is 17.0 Å². The Morgan fingerprint density at radius 2 is 1.76 bits per heavy atom. The molecule has 192 valence electrons. The highest BCUT2D eigenvalue weighted by Crippen LogP contribution is 2.29. The number of nitrogens with zero attached hydrogens (tertiary/aromatic N) is 2. The number of nitro benzene ring substituents is 1. The third-order valence-electron chi connectivity index (χ3n) is 5.38. The van der Waals surface area contributed by atoms with E-state index < -0.39 is 22.8 Å². The number of hydrogen-bond acceptors (Lipinski definition) is 7.